The summed E-state index contributed by atoms with van der Waals surface area (Å²) in [6.07, 6.45) is 0.616. The van der Waals surface area contributed by atoms with E-state index in [1.807, 2.05) is 0 Å². The molecule has 0 saturated carbocycles. The summed E-state index contributed by atoms with van der Waals surface area (Å²) in [6.45, 7) is 0. The molecule has 0 heterocycles. The Hall–Kier alpha value is -1.71. The van der Waals surface area contributed by atoms with E-state index in [1.54, 1.807) is 0 Å². The van der Waals surface area contributed by atoms with Crippen LogP contribution in [0.5, 0.6) is 0 Å². The minimum absolute atomic E-state index is 0.173. The molecule has 1 aromatic rings. The summed E-state index contributed by atoms with van der Waals surface area (Å²) in [5, 5.41) is 2.65. The van der Waals surface area contributed by atoms with Crippen LogP contribution in [-0.4, -0.2) is 6.29 Å². The topological polar surface area (TPSA) is 72.5 Å². The molecule has 0 amide bonds. The summed E-state index contributed by atoms with van der Waals surface area (Å²) in [5.41, 5.74) is 6.25. The van der Waals surface area contributed by atoms with Gasteiger partial charge in [0.25, 0.3) is 0 Å². The standard InChI is InChI=1S/C7H6N2O2/c8-6-1-5(4-10)2-7(3-6)9-11/h1-4H,8H2. The second kappa shape index (κ2) is 2.92. The van der Waals surface area contributed by atoms with E-state index in [0.29, 0.717) is 17.5 Å². The van der Waals surface area contributed by atoms with Crippen molar-refractivity contribution in [3.8, 4) is 0 Å². The molecule has 4 heteroatoms. The SMILES string of the molecule is Nc1cc(C=O)cc(N=O)c1. The summed E-state index contributed by atoms with van der Waals surface area (Å²) < 4.78 is 0. The first kappa shape index (κ1) is 7.40. The van der Waals surface area contributed by atoms with Gasteiger partial charge in [-0.15, -0.1) is 4.91 Å². The minimum atomic E-state index is 0.173. The molecule has 0 spiro atoms. The maximum Gasteiger partial charge on any atom is 0.150 e. The van der Waals surface area contributed by atoms with Gasteiger partial charge in [-0.25, -0.2) is 0 Å². The van der Waals surface area contributed by atoms with Crippen molar-refractivity contribution < 1.29 is 4.79 Å². The number of anilines is 1. The Morgan fingerprint density at radius 3 is 2.64 bits per heavy atom. The van der Waals surface area contributed by atoms with E-state index >= 15 is 0 Å². The van der Waals surface area contributed by atoms with Crippen molar-refractivity contribution in [3.05, 3.63) is 28.7 Å². The van der Waals surface area contributed by atoms with Crippen molar-refractivity contribution in [1.29, 1.82) is 0 Å². The number of nitrogens with two attached hydrogens (primary N) is 1. The van der Waals surface area contributed by atoms with Gasteiger partial charge in [-0.3, -0.25) is 4.79 Å². The number of rotatable bonds is 2. The van der Waals surface area contributed by atoms with E-state index in [9.17, 15) is 9.70 Å². The number of nitroso groups, excluding NO2 is 1. The number of nitrogen functional groups attached to an aromatic ring is 1. The third-order valence-corrected chi connectivity index (χ3v) is 1.20. The van der Waals surface area contributed by atoms with Gasteiger partial charge in [0.1, 0.15) is 12.0 Å². The van der Waals surface area contributed by atoms with E-state index in [1.165, 1.54) is 18.2 Å². The van der Waals surface area contributed by atoms with Crippen LogP contribution in [0.15, 0.2) is 23.4 Å². The monoisotopic (exact) mass is 150 g/mol. The first-order valence-electron chi connectivity index (χ1n) is 2.95. The summed E-state index contributed by atoms with van der Waals surface area (Å²) >= 11 is 0. The molecule has 0 bridgehead atoms. The molecule has 56 valence electrons. The molecule has 2 N–H and O–H groups in total. The number of hydrogen-bond acceptors (Lipinski definition) is 4. The van der Waals surface area contributed by atoms with Crippen LogP contribution in [-0.2, 0) is 0 Å². The number of hydrogen-bond donors (Lipinski definition) is 1. The zero-order chi connectivity index (χ0) is 8.27. The highest BCUT2D eigenvalue weighted by molar-refractivity contribution is 5.79. The van der Waals surface area contributed by atoms with Crippen molar-refractivity contribution in [2.45, 2.75) is 0 Å². The molecule has 1 rings (SSSR count). The molecule has 0 fully saturated rings. The van der Waals surface area contributed by atoms with Crippen molar-refractivity contribution in [3.63, 3.8) is 0 Å². The second-order valence-electron chi connectivity index (χ2n) is 2.07. The fourth-order valence-corrected chi connectivity index (χ4v) is 0.780. The van der Waals surface area contributed by atoms with Crippen LogP contribution in [0.1, 0.15) is 10.4 Å². The lowest BCUT2D eigenvalue weighted by molar-refractivity contribution is 0.112. The Morgan fingerprint density at radius 2 is 2.09 bits per heavy atom. The maximum atomic E-state index is 10.2. The normalized spacial score (nSPS) is 9.09. The predicted octanol–water partition coefficient (Wildman–Crippen LogP) is 1.48. The molecule has 0 radical (unpaired) electrons. The Morgan fingerprint density at radius 1 is 1.36 bits per heavy atom. The van der Waals surface area contributed by atoms with E-state index < -0.39 is 0 Å². The molecular weight excluding hydrogens is 144 g/mol. The Balaban J connectivity index is 3.21. The fraction of sp³-hybridized carbons (Fsp3) is 0. The number of carbonyl (C=O) groups is 1. The number of carbonyl (C=O) groups excluding carboxylic acids is 1. The minimum Gasteiger partial charge on any atom is -0.399 e. The zero-order valence-electron chi connectivity index (χ0n) is 5.65. The van der Waals surface area contributed by atoms with E-state index in [2.05, 4.69) is 5.18 Å². The van der Waals surface area contributed by atoms with Crippen LogP contribution in [0.3, 0.4) is 0 Å². The number of nitrogens with zero attached hydrogens (tertiary/aromatic N) is 1. The Kier molecular flexibility index (Phi) is 1.96. The highest BCUT2D eigenvalue weighted by Gasteiger charge is 1.96. The third kappa shape index (κ3) is 1.61. The van der Waals surface area contributed by atoms with Gasteiger partial charge in [0.15, 0.2) is 0 Å². The summed E-state index contributed by atoms with van der Waals surface area (Å²) in [4.78, 5) is 20.2. The van der Waals surface area contributed by atoms with Gasteiger partial charge in [0, 0.05) is 11.3 Å². The van der Waals surface area contributed by atoms with Gasteiger partial charge in [0.05, 0.1) is 0 Å². The quantitative estimate of drug-likeness (QED) is 0.394. The molecule has 0 unspecified atom stereocenters. The molecule has 0 aliphatic carbocycles. The largest absolute Gasteiger partial charge is 0.399 e. The molecule has 0 aliphatic heterocycles. The van der Waals surface area contributed by atoms with Gasteiger partial charge in [-0.2, -0.15) is 0 Å². The van der Waals surface area contributed by atoms with Crippen molar-refractivity contribution >= 4 is 17.7 Å². The second-order valence-corrected chi connectivity index (χ2v) is 2.07. The molecular formula is C7H6N2O2. The Bertz CT molecular complexity index is 270. The fourth-order valence-electron chi connectivity index (χ4n) is 0.780. The van der Waals surface area contributed by atoms with E-state index in [4.69, 9.17) is 5.73 Å². The predicted molar refractivity (Wildman–Crippen MR) is 41.7 cm³/mol. The number of aldehydes is 1. The lowest BCUT2D eigenvalue weighted by Gasteiger charge is -1.94. The van der Waals surface area contributed by atoms with E-state index in [0.717, 1.165) is 0 Å². The summed E-state index contributed by atoms with van der Waals surface area (Å²) in [6, 6.07) is 4.25. The molecule has 4 nitrogen and oxygen atoms in total. The van der Waals surface area contributed by atoms with Crippen LogP contribution in [0.2, 0.25) is 0 Å². The lowest BCUT2D eigenvalue weighted by Crippen LogP contribution is -1.86. The van der Waals surface area contributed by atoms with Crippen molar-refractivity contribution in [2.24, 2.45) is 5.18 Å². The molecule has 0 aromatic heterocycles. The smallest absolute Gasteiger partial charge is 0.150 e. The zero-order valence-corrected chi connectivity index (χ0v) is 5.65. The van der Waals surface area contributed by atoms with Crippen LogP contribution in [0.25, 0.3) is 0 Å². The molecule has 1 aromatic carbocycles. The average Bonchev–Trinajstić information content (AvgIpc) is 2.03. The molecule has 0 saturated heterocycles. The van der Waals surface area contributed by atoms with Crippen LogP contribution in [0.4, 0.5) is 11.4 Å². The van der Waals surface area contributed by atoms with Crippen LogP contribution < -0.4 is 5.73 Å². The van der Waals surface area contributed by atoms with Gasteiger partial charge < -0.3 is 5.73 Å². The van der Waals surface area contributed by atoms with Crippen LogP contribution in [0, 0.1) is 4.91 Å². The van der Waals surface area contributed by atoms with Gasteiger partial charge in [0.2, 0.25) is 0 Å². The first-order valence-corrected chi connectivity index (χ1v) is 2.95. The third-order valence-electron chi connectivity index (χ3n) is 1.20. The lowest BCUT2D eigenvalue weighted by atomic mass is 10.2. The van der Waals surface area contributed by atoms with Gasteiger partial charge >= 0.3 is 0 Å². The highest BCUT2D eigenvalue weighted by Crippen LogP contribution is 2.17. The average molecular weight is 150 g/mol. The molecule has 0 atom stereocenters. The summed E-state index contributed by atoms with van der Waals surface area (Å²) in [5.74, 6) is 0. The summed E-state index contributed by atoms with van der Waals surface area (Å²) in [7, 11) is 0. The van der Waals surface area contributed by atoms with Crippen LogP contribution >= 0.6 is 0 Å². The van der Waals surface area contributed by atoms with Gasteiger partial charge in [-0.1, -0.05) is 0 Å². The van der Waals surface area contributed by atoms with E-state index in [-0.39, 0.29) is 5.69 Å². The van der Waals surface area contributed by atoms with Gasteiger partial charge in [-0.05, 0) is 23.4 Å². The molecule has 0 aliphatic rings. The number of benzene rings is 1. The Labute approximate surface area is 63.0 Å². The first-order chi connectivity index (χ1) is 5.26. The molecule has 11 heavy (non-hydrogen) atoms. The van der Waals surface area contributed by atoms with Crippen molar-refractivity contribution in [2.75, 3.05) is 5.73 Å². The van der Waals surface area contributed by atoms with Crippen molar-refractivity contribution in [1.82, 2.24) is 0 Å². The maximum absolute atomic E-state index is 10.2. The highest BCUT2D eigenvalue weighted by atomic mass is 16.3.